The molecule has 0 fully saturated rings. The Morgan fingerprint density at radius 3 is 2.57 bits per heavy atom. The average molecular weight is 293 g/mol. The normalized spacial score (nSPS) is 12.1. The molecule has 4 nitrogen and oxygen atoms in total. The molecule has 0 aliphatic heterocycles. The Kier molecular flexibility index (Phi) is 8.51. The number of rotatable bonds is 11. The number of hydrogen-bond acceptors (Lipinski definition) is 3. The van der Waals surface area contributed by atoms with Crippen molar-refractivity contribution in [1.29, 1.82) is 0 Å². The minimum absolute atomic E-state index is 0.280. The van der Waals surface area contributed by atoms with E-state index in [1.165, 1.54) is 25.7 Å². The third-order valence-corrected chi connectivity index (χ3v) is 3.63. The van der Waals surface area contributed by atoms with Gasteiger partial charge in [0.1, 0.15) is 12.4 Å². The molecule has 1 unspecified atom stereocenters. The summed E-state index contributed by atoms with van der Waals surface area (Å²) in [5.74, 6) is 0.542. The Bertz CT molecular complexity index is 403. The fraction of sp³-hybridized carbons (Fsp3) is 0.588. The second-order valence-corrected chi connectivity index (χ2v) is 5.30. The second-order valence-electron chi connectivity index (χ2n) is 5.30. The molecule has 0 aliphatic carbocycles. The summed E-state index contributed by atoms with van der Waals surface area (Å²) in [5.41, 5.74) is 0.280. The van der Waals surface area contributed by atoms with Crippen LogP contribution in [0.4, 0.5) is 0 Å². The third-order valence-electron chi connectivity index (χ3n) is 3.63. The Morgan fingerprint density at radius 1 is 1.29 bits per heavy atom. The predicted octanol–water partition coefficient (Wildman–Crippen LogP) is 3.57. The van der Waals surface area contributed by atoms with Crippen molar-refractivity contribution in [3.05, 3.63) is 29.8 Å². The van der Waals surface area contributed by atoms with Crippen molar-refractivity contribution >= 4 is 5.97 Å². The fourth-order valence-corrected chi connectivity index (χ4v) is 2.18. The van der Waals surface area contributed by atoms with Crippen molar-refractivity contribution in [2.24, 2.45) is 5.92 Å². The Hall–Kier alpha value is -1.55. The van der Waals surface area contributed by atoms with Gasteiger partial charge in [-0.25, -0.2) is 4.79 Å². The Labute approximate surface area is 127 Å². The van der Waals surface area contributed by atoms with Gasteiger partial charge in [-0.1, -0.05) is 33.1 Å². The molecule has 0 amide bonds. The number of benzene rings is 1. The monoisotopic (exact) mass is 293 g/mol. The number of hydrogen-bond donors (Lipinski definition) is 2. The molecule has 1 aromatic carbocycles. The highest BCUT2D eigenvalue weighted by molar-refractivity contribution is 5.87. The smallest absolute Gasteiger partial charge is 0.335 e. The lowest BCUT2D eigenvalue weighted by Gasteiger charge is -2.15. The van der Waals surface area contributed by atoms with E-state index in [-0.39, 0.29) is 5.56 Å². The van der Waals surface area contributed by atoms with E-state index in [1.807, 2.05) is 0 Å². The van der Waals surface area contributed by atoms with Crippen molar-refractivity contribution in [2.75, 3.05) is 19.7 Å². The molecule has 4 heteroatoms. The van der Waals surface area contributed by atoms with Crippen LogP contribution >= 0.6 is 0 Å². The highest BCUT2D eigenvalue weighted by atomic mass is 16.5. The summed E-state index contributed by atoms with van der Waals surface area (Å²) in [7, 11) is 0. The summed E-state index contributed by atoms with van der Waals surface area (Å²) in [6.07, 6.45) is 5.06. The van der Waals surface area contributed by atoms with E-state index in [2.05, 4.69) is 19.2 Å². The molecular formula is C17H27NO3. The zero-order valence-electron chi connectivity index (χ0n) is 13.1. The van der Waals surface area contributed by atoms with Gasteiger partial charge < -0.3 is 15.2 Å². The van der Waals surface area contributed by atoms with Crippen LogP contribution in [0.15, 0.2) is 24.3 Å². The van der Waals surface area contributed by atoms with Gasteiger partial charge in [0, 0.05) is 6.54 Å². The molecule has 0 saturated heterocycles. The van der Waals surface area contributed by atoms with Crippen molar-refractivity contribution in [2.45, 2.75) is 39.5 Å². The van der Waals surface area contributed by atoms with Gasteiger partial charge in [-0.05, 0) is 43.1 Å². The maximum Gasteiger partial charge on any atom is 0.335 e. The molecule has 2 N–H and O–H groups in total. The van der Waals surface area contributed by atoms with Crippen LogP contribution in [0.3, 0.4) is 0 Å². The molecule has 0 saturated carbocycles. The minimum Gasteiger partial charge on any atom is -0.492 e. The maximum atomic E-state index is 10.7. The SMILES string of the molecule is CCCCC(CC)CNCCOc1ccc(C(=O)O)cc1. The molecule has 1 aromatic rings. The van der Waals surface area contributed by atoms with Crippen molar-refractivity contribution in [1.82, 2.24) is 5.32 Å². The number of carboxylic acid groups (broad SMARTS) is 1. The highest BCUT2D eigenvalue weighted by Crippen LogP contribution is 2.12. The van der Waals surface area contributed by atoms with Gasteiger partial charge in [0.05, 0.1) is 5.56 Å². The zero-order chi connectivity index (χ0) is 15.5. The quantitative estimate of drug-likeness (QED) is 0.612. The molecule has 0 spiro atoms. The van der Waals surface area contributed by atoms with Crippen LogP contribution in [-0.2, 0) is 0 Å². The van der Waals surface area contributed by atoms with Gasteiger partial charge in [0.2, 0.25) is 0 Å². The molecule has 0 aromatic heterocycles. The standard InChI is InChI=1S/C17H27NO3/c1-3-5-6-14(4-2)13-18-11-12-21-16-9-7-15(8-10-16)17(19)20/h7-10,14,18H,3-6,11-13H2,1-2H3,(H,19,20). The average Bonchev–Trinajstić information content (AvgIpc) is 2.50. The lowest BCUT2D eigenvalue weighted by atomic mass is 9.99. The minimum atomic E-state index is -0.916. The first-order valence-corrected chi connectivity index (χ1v) is 7.84. The molecule has 0 heterocycles. The summed E-state index contributed by atoms with van der Waals surface area (Å²) >= 11 is 0. The summed E-state index contributed by atoms with van der Waals surface area (Å²) < 4.78 is 5.58. The number of unbranched alkanes of at least 4 members (excludes halogenated alkanes) is 1. The second kappa shape index (κ2) is 10.2. The number of ether oxygens (including phenoxy) is 1. The van der Waals surface area contributed by atoms with Crippen LogP contribution in [0.1, 0.15) is 49.9 Å². The van der Waals surface area contributed by atoms with Crippen LogP contribution < -0.4 is 10.1 Å². The number of nitrogens with one attached hydrogen (secondary N) is 1. The molecule has 21 heavy (non-hydrogen) atoms. The van der Waals surface area contributed by atoms with Gasteiger partial charge in [-0.15, -0.1) is 0 Å². The predicted molar refractivity (Wildman–Crippen MR) is 85.1 cm³/mol. The molecule has 0 aliphatic rings. The van der Waals surface area contributed by atoms with E-state index in [0.29, 0.717) is 12.4 Å². The number of carboxylic acids is 1. The van der Waals surface area contributed by atoms with Gasteiger partial charge in [-0.3, -0.25) is 0 Å². The van der Waals surface area contributed by atoms with E-state index in [9.17, 15) is 4.79 Å². The topological polar surface area (TPSA) is 58.6 Å². The van der Waals surface area contributed by atoms with E-state index >= 15 is 0 Å². The summed E-state index contributed by atoms with van der Waals surface area (Å²) in [6, 6.07) is 6.50. The van der Waals surface area contributed by atoms with Crippen molar-refractivity contribution in [3.63, 3.8) is 0 Å². The Balaban J connectivity index is 2.17. The first-order chi connectivity index (χ1) is 10.2. The summed E-state index contributed by atoms with van der Waals surface area (Å²) in [6.45, 7) is 6.91. The molecule has 1 atom stereocenters. The molecule has 0 bridgehead atoms. The first-order valence-electron chi connectivity index (χ1n) is 7.84. The molecule has 1 rings (SSSR count). The third kappa shape index (κ3) is 7.14. The van der Waals surface area contributed by atoms with Crippen molar-refractivity contribution < 1.29 is 14.6 Å². The maximum absolute atomic E-state index is 10.7. The summed E-state index contributed by atoms with van der Waals surface area (Å²) in [4.78, 5) is 10.7. The molecule has 0 radical (unpaired) electrons. The van der Waals surface area contributed by atoms with E-state index in [4.69, 9.17) is 9.84 Å². The van der Waals surface area contributed by atoms with Crippen molar-refractivity contribution in [3.8, 4) is 5.75 Å². The highest BCUT2D eigenvalue weighted by Gasteiger charge is 2.05. The largest absolute Gasteiger partial charge is 0.492 e. The fourth-order valence-electron chi connectivity index (χ4n) is 2.18. The van der Waals surface area contributed by atoms with E-state index in [1.54, 1.807) is 24.3 Å². The summed E-state index contributed by atoms with van der Waals surface area (Å²) in [5, 5.41) is 12.2. The van der Waals surface area contributed by atoms with Crippen LogP contribution in [0.5, 0.6) is 5.75 Å². The van der Waals surface area contributed by atoms with E-state index in [0.717, 1.165) is 19.0 Å². The molecular weight excluding hydrogens is 266 g/mol. The first kappa shape index (κ1) is 17.5. The van der Waals surface area contributed by atoms with E-state index < -0.39 is 5.97 Å². The zero-order valence-corrected chi connectivity index (χ0v) is 13.1. The van der Waals surface area contributed by atoms with Crippen LogP contribution in [0.25, 0.3) is 0 Å². The van der Waals surface area contributed by atoms with Crippen LogP contribution in [0, 0.1) is 5.92 Å². The van der Waals surface area contributed by atoms with Gasteiger partial charge in [0.15, 0.2) is 0 Å². The van der Waals surface area contributed by atoms with Gasteiger partial charge in [0.25, 0.3) is 0 Å². The van der Waals surface area contributed by atoms with Gasteiger partial charge in [-0.2, -0.15) is 0 Å². The van der Waals surface area contributed by atoms with Gasteiger partial charge >= 0.3 is 5.97 Å². The Morgan fingerprint density at radius 2 is 2.00 bits per heavy atom. The number of carbonyl (C=O) groups is 1. The lowest BCUT2D eigenvalue weighted by molar-refractivity contribution is 0.0697. The van der Waals surface area contributed by atoms with Crippen LogP contribution in [0.2, 0.25) is 0 Å². The number of aromatic carboxylic acids is 1. The molecule has 118 valence electrons. The van der Waals surface area contributed by atoms with Crippen LogP contribution in [-0.4, -0.2) is 30.8 Å². The lowest BCUT2D eigenvalue weighted by Crippen LogP contribution is -2.27.